The predicted octanol–water partition coefficient (Wildman–Crippen LogP) is 3.54. The smallest absolute Gasteiger partial charge is 0.330 e. The highest BCUT2D eigenvalue weighted by atomic mass is 79.9. The van der Waals surface area contributed by atoms with Gasteiger partial charge < -0.3 is 5.32 Å². The van der Waals surface area contributed by atoms with Gasteiger partial charge in [0.2, 0.25) is 0 Å². The fourth-order valence-corrected chi connectivity index (χ4v) is 3.37. The third-order valence-corrected chi connectivity index (χ3v) is 4.74. The molecule has 0 bridgehead atoms. The number of carbonyl (C=O) groups excluding carboxylic acids is 1. The van der Waals surface area contributed by atoms with Gasteiger partial charge in [0.25, 0.3) is 5.56 Å². The number of rotatable bonds is 2. The molecular formula is C15H12BrN3O2S. The van der Waals surface area contributed by atoms with Crippen LogP contribution >= 0.6 is 27.5 Å². The second-order valence-electron chi connectivity index (χ2n) is 4.77. The Kier molecular flexibility index (Phi) is 4.08. The molecule has 3 rings (SSSR count). The normalized spacial score (nSPS) is 12.3. The molecule has 112 valence electrons. The van der Waals surface area contributed by atoms with Crippen molar-refractivity contribution in [3.05, 3.63) is 63.0 Å². The molecule has 0 fully saturated rings. The standard InChI is InChI=1S/C15H12BrN3O2S/c1-9(10-4-2-5-11(16)8-10)18-15(21)19-14(20)12-6-3-7-17-13(12)22-19/h2-9H,1H3,(H,18,21). The van der Waals surface area contributed by atoms with Crippen LogP contribution in [0.3, 0.4) is 0 Å². The fraction of sp³-hybridized carbons (Fsp3) is 0.133. The first-order valence-electron chi connectivity index (χ1n) is 6.59. The summed E-state index contributed by atoms with van der Waals surface area (Å²) in [6.45, 7) is 1.87. The van der Waals surface area contributed by atoms with Gasteiger partial charge in [-0.15, -0.1) is 0 Å². The van der Waals surface area contributed by atoms with Gasteiger partial charge in [-0.2, -0.15) is 3.96 Å². The lowest BCUT2D eigenvalue weighted by atomic mass is 10.1. The van der Waals surface area contributed by atoms with E-state index in [1.54, 1.807) is 18.3 Å². The summed E-state index contributed by atoms with van der Waals surface area (Å²) in [5, 5.41) is 3.28. The molecular weight excluding hydrogens is 366 g/mol. The first kappa shape index (κ1) is 14.9. The van der Waals surface area contributed by atoms with Gasteiger partial charge in [-0.05, 0) is 48.3 Å². The van der Waals surface area contributed by atoms with E-state index in [0.717, 1.165) is 25.5 Å². The Balaban J connectivity index is 1.87. The minimum absolute atomic E-state index is 0.213. The zero-order valence-electron chi connectivity index (χ0n) is 11.6. The Morgan fingerprint density at radius 3 is 2.91 bits per heavy atom. The van der Waals surface area contributed by atoms with E-state index < -0.39 is 6.03 Å². The van der Waals surface area contributed by atoms with Gasteiger partial charge >= 0.3 is 6.03 Å². The molecule has 3 aromatic rings. The second-order valence-corrected chi connectivity index (χ2v) is 6.62. The van der Waals surface area contributed by atoms with Crippen molar-refractivity contribution in [1.29, 1.82) is 0 Å². The number of hydrogen-bond donors (Lipinski definition) is 1. The van der Waals surface area contributed by atoms with Gasteiger partial charge in [-0.25, -0.2) is 9.78 Å². The maximum absolute atomic E-state index is 12.3. The molecule has 1 aromatic carbocycles. The van der Waals surface area contributed by atoms with E-state index in [4.69, 9.17) is 0 Å². The van der Waals surface area contributed by atoms with Gasteiger partial charge in [0.05, 0.1) is 11.4 Å². The van der Waals surface area contributed by atoms with E-state index in [1.165, 1.54) is 0 Å². The number of fused-ring (bicyclic) bond motifs is 1. The van der Waals surface area contributed by atoms with Crippen LogP contribution in [0.2, 0.25) is 0 Å². The molecule has 7 heteroatoms. The van der Waals surface area contributed by atoms with Crippen molar-refractivity contribution in [1.82, 2.24) is 14.3 Å². The Bertz CT molecular complexity index is 903. The number of halogens is 1. The van der Waals surface area contributed by atoms with Crippen LogP contribution in [0.5, 0.6) is 0 Å². The minimum Gasteiger partial charge on any atom is -0.330 e. The SMILES string of the molecule is CC(NC(=O)n1sc2ncccc2c1=O)c1cccc(Br)c1. The third kappa shape index (κ3) is 2.82. The molecule has 1 unspecified atom stereocenters. The molecule has 0 aliphatic heterocycles. The van der Waals surface area contributed by atoms with Crippen LogP contribution in [0, 0.1) is 0 Å². The topological polar surface area (TPSA) is 64.0 Å². The van der Waals surface area contributed by atoms with Crippen LogP contribution in [-0.2, 0) is 0 Å². The summed E-state index contributed by atoms with van der Waals surface area (Å²) in [7, 11) is 0. The fourth-order valence-electron chi connectivity index (χ4n) is 2.10. The largest absolute Gasteiger partial charge is 0.338 e. The summed E-state index contributed by atoms with van der Waals surface area (Å²) in [6.07, 6.45) is 1.60. The van der Waals surface area contributed by atoms with Crippen LogP contribution in [0.1, 0.15) is 18.5 Å². The van der Waals surface area contributed by atoms with Crippen LogP contribution in [0.4, 0.5) is 4.79 Å². The number of amides is 1. The second kappa shape index (κ2) is 6.02. The van der Waals surface area contributed by atoms with Crippen molar-refractivity contribution >= 4 is 43.7 Å². The number of aromatic nitrogens is 2. The zero-order chi connectivity index (χ0) is 15.7. The lowest BCUT2D eigenvalue weighted by Crippen LogP contribution is -2.34. The average Bonchev–Trinajstić information content (AvgIpc) is 2.85. The number of carbonyl (C=O) groups is 1. The first-order valence-corrected chi connectivity index (χ1v) is 8.16. The van der Waals surface area contributed by atoms with Gasteiger partial charge in [-0.3, -0.25) is 4.79 Å². The number of hydrogen-bond acceptors (Lipinski definition) is 4. The zero-order valence-corrected chi connectivity index (χ0v) is 14.0. The summed E-state index contributed by atoms with van der Waals surface area (Å²) in [5.74, 6) is 0. The predicted molar refractivity (Wildman–Crippen MR) is 90.4 cm³/mol. The summed E-state index contributed by atoms with van der Waals surface area (Å²) in [5.41, 5.74) is 0.613. The van der Waals surface area contributed by atoms with Crippen molar-refractivity contribution in [2.75, 3.05) is 0 Å². The Morgan fingerprint density at radius 1 is 1.36 bits per heavy atom. The van der Waals surface area contributed by atoms with Crippen molar-refractivity contribution in [2.24, 2.45) is 0 Å². The van der Waals surface area contributed by atoms with E-state index in [-0.39, 0.29) is 11.6 Å². The van der Waals surface area contributed by atoms with Crippen molar-refractivity contribution < 1.29 is 4.79 Å². The Labute approximate surface area is 138 Å². The molecule has 2 aromatic heterocycles. The highest BCUT2D eigenvalue weighted by Crippen LogP contribution is 2.18. The quantitative estimate of drug-likeness (QED) is 0.742. The molecule has 0 aliphatic carbocycles. The molecule has 2 heterocycles. The van der Waals surface area contributed by atoms with Crippen LogP contribution in [-0.4, -0.2) is 15.0 Å². The number of nitrogens with one attached hydrogen (secondary N) is 1. The molecule has 22 heavy (non-hydrogen) atoms. The highest BCUT2D eigenvalue weighted by molar-refractivity contribution is 9.10. The molecule has 1 atom stereocenters. The summed E-state index contributed by atoms with van der Waals surface area (Å²) >= 11 is 4.45. The maximum atomic E-state index is 12.3. The summed E-state index contributed by atoms with van der Waals surface area (Å²) < 4.78 is 2.04. The van der Waals surface area contributed by atoms with E-state index in [0.29, 0.717) is 10.2 Å². The first-order chi connectivity index (χ1) is 10.6. The highest BCUT2D eigenvalue weighted by Gasteiger charge is 2.17. The van der Waals surface area contributed by atoms with Gasteiger partial charge in [0.1, 0.15) is 4.83 Å². The molecule has 5 nitrogen and oxygen atoms in total. The Morgan fingerprint density at radius 2 is 2.18 bits per heavy atom. The number of nitrogens with zero attached hydrogens (tertiary/aromatic N) is 2. The summed E-state index contributed by atoms with van der Waals surface area (Å²) in [6, 6.07) is 10.4. The average molecular weight is 378 g/mol. The van der Waals surface area contributed by atoms with Gasteiger partial charge in [0.15, 0.2) is 0 Å². The van der Waals surface area contributed by atoms with Crippen LogP contribution < -0.4 is 10.9 Å². The van der Waals surface area contributed by atoms with Crippen molar-refractivity contribution in [3.63, 3.8) is 0 Å². The molecule has 1 N–H and O–H groups in total. The lowest BCUT2D eigenvalue weighted by molar-refractivity contribution is 0.241. The number of benzene rings is 1. The van der Waals surface area contributed by atoms with Gasteiger partial charge in [-0.1, -0.05) is 28.1 Å². The van der Waals surface area contributed by atoms with Crippen LogP contribution in [0.25, 0.3) is 10.2 Å². The van der Waals surface area contributed by atoms with Crippen LogP contribution in [0.15, 0.2) is 51.9 Å². The molecule has 0 radical (unpaired) electrons. The third-order valence-electron chi connectivity index (χ3n) is 3.24. The summed E-state index contributed by atoms with van der Waals surface area (Å²) in [4.78, 5) is 29.2. The van der Waals surface area contributed by atoms with Crippen molar-refractivity contribution in [2.45, 2.75) is 13.0 Å². The van der Waals surface area contributed by atoms with E-state index >= 15 is 0 Å². The monoisotopic (exact) mass is 377 g/mol. The van der Waals surface area contributed by atoms with Crippen molar-refractivity contribution in [3.8, 4) is 0 Å². The van der Waals surface area contributed by atoms with E-state index in [1.807, 2.05) is 31.2 Å². The van der Waals surface area contributed by atoms with E-state index in [9.17, 15) is 9.59 Å². The molecule has 1 amide bonds. The Hall–Kier alpha value is -1.99. The number of pyridine rings is 1. The van der Waals surface area contributed by atoms with Gasteiger partial charge in [0, 0.05) is 10.7 Å². The minimum atomic E-state index is -0.444. The molecule has 0 spiro atoms. The maximum Gasteiger partial charge on any atom is 0.338 e. The molecule has 0 saturated carbocycles. The molecule has 0 saturated heterocycles. The lowest BCUT2D eigenvalue weighted by Gasteiger charge is -2.14. The van der Waals surface area contributed by atoms with E-state index in [2.05, 4.69) is 26.2 Å². The molecule has 0 aliphatic rings.